The summed E-state index contributed by atoms with van der Waals surface area (Å²) < 4.78 is 22.3. The molecule has 0 aliphatic heterocycles. The maximum absolute atomic E-state index is 12.9. The molecule has 2 N–H and O–H groups in total. The van der Waals surface area contributed by atoms with Gasteiger partial charge in [0.1, 0.15) is 26.4 Å². The van der Waals surface area contributed by atoms with Gasteiger partial charge in [0.15, 0.2) is 0 Å². The smallest absolute Gasteiger partial charge is 0.407 e. The number of esters is 2. The molecule has 0 saturated carbocycles. The fourth-order valence-corrected chi connectivity index (χ4v) is 9.21. The molecule has 0 fully saturated rings. The number of unbranched alkanes of at least 4 members (excludes halogenated alkanes) is 28. The fourth-order valence-electron chi connectivity index (χ4n) is 9.21. The number of alkyl carbamates (subject to hydrolysis) is 2. The van der Waals surface area contributed by atoms with Crippen LogP contribution >= 0.6 is 0 Å². The summed E-state index contributed by atoms with van der Waals surface area (Å²) >= 11 is 0. The highest BCUT2D eigenvalue weighted by Gasteiger charge is 2.08. The molecule has 0 bridgehead atoms. The summed E-state index contributed by atoms with van der Waals surface area (Å²) in [5, 5.41) is 5.46. The molecule has 0 unspecified atom stereocenters. The van der Waals surface area contributed by atoms with Crippen molar-refractivity contribution in [3.63, 3.8) is 0 Å². The lowest BCUT2D eigenvalue weighted by molar-refractivity contribution is -0.143. The molecule has 0 atom stereocenters. The van der Waals surface area contributed by atoms with Gasteiger partial charge in [-0.25, -0.2) is 9.59 Å². The first kappa shape index (κ1) is 75.6. The average Bonchev–Trinajstić information content (AvgIpc) is 3.60. The van der Waals surface area contributed by atoms with Crippen LogP contribution < -0.4 is 10.6 Å². The Kier molecular flexibility index (Phi) is 46.8. The van der Waals surface area contributed by atoms with E-state index >= 15 is 0 Å². The summed E-state index contributed by atoms with van der Waals surface area (Å²) in [7, 11) is 0. The quantitative estimate of drug-likeness (QED) is 0.0290. The van der Waals surface area contributed by atoms with Gasteiger partial charge in [0, 0.05) is 72.5 Å². The summed E-state index contributed by atoms with van der Waals surface area (Å²) in [6, 6.07) is 18.9. The zero-order valence-corrected chi connectivity index (χ0v) is 54.2. The number of rotatable bonds is 44. The number of hydrogen-bond acceptors (Lipinski definition) is 8. The Morgan fingerprint density at radius 1 is 0.311 bits per heavy atom. The highest BCUT2D eigenvalue weighted by atomic mass is 16.6. The second kappa shape index (κ2) is 55.7. The van der Waals surface area contributed by atoms with E-state index in [-0.39, 0.29) is 51.5 Å². The zero-order valence-electron chi connectivity index (χ0n) is 54.2. The van der Waals surface area contributed by atoms with Crippen LogP contribution in [0.2, 0.25) is 0 Å². The SMILES string of the molecule is CCCCCCCCCCCCCCCCCC(=O)OC/C1=C\C#CC#C/C=C(/COC(=O)CCCCCCCCCCCCCCCCC)C#CC#C/C(COC(=O)NCc2ccccc2)=C\C#CC#C/C=C(/COC(=O)NCc2ccccc2)C#CC#C1. The van der Waals surface area contributed by atoms with Gasteiger partial charge in [0.2, 0.25) is 0 Å². The van der Waals surface area contributed by atoms with Crippen LogP contribution in [0, 0.1) is 94.7 Å². The Labute approximate surface area is 542 Å². The van der Waals surface area contributed by atoms with Crippen molar-refractivity contribution in [3.05, 3.63) is 118 Å². The molecule has 2 amide bonds. The molecule has 0 spiro atoms. The van der Waals surface area contributed by atoms with Crippen LogP contribution in [0.5, 0.6) is 0 Å². The molecular weight excluding hydrogens is 1120 g/mol. The standard InChI is InChI=1S/C80H98N2O8/c1-3-5-7-9-11-13-15-17-19-21-23-25-27-29-45-63-77(83)87-67-73-55-37-31-32-38-56-74(68-88-78(84)64-46-30-28-26-24-22-20-18-16-14-12-10-8-6-4-2)60-48-50-62-76(70-90-80(86)82-66-72-53-43-36-44-54-72)58-40-34-33-39-57-75(61-49-47-59-73)69-89-79(85)81-65-71-51-41-35-42-52-71/h35-36,41-44,51-58H,3-30,45-46,63-70H2,1-2H3,(H,81,85)(H,82,86)/b73-55-,74-56+,75-57+,76-58+. The lowest BCUT2D eigenvalue weighted by Gasteiger charge is -2.06. The van der Waals surface area contributed by atoms with Gasteiger partial charge in [0.05, 0.1) is 0 Å². The summed E-state index contributed by atoms with van der Waals surface area (Å²) in [5.41, 5.74) is 3.25. The van der Waals surface area contributed by atoms with Gasteiger partial charge in [-0.15, -0.1) is 0 Å². The molecule has 1 aliphatic rings. The number of carbonyl (C=O) groups is 4. The second-order valence-electron chi connectivity index (χ2n) is 22.3. The summed E-state index contributed by atoms with van der Waals surface area (Å²) in [6.45, 7) is 4.37. The number of allylic oxidation sites excluding steroid dienone is 4. The molecule has 10 nitrogen and oxygen atoms in total. The van der Waals surface area contributed by atoms with Crippen molar-refractivity contribution in [1.29, 1.82) is 0 Å². The third-order valence-corrected chi connectivity index (χ3v) is 14.4. The van der Waals surface area contributed by atoms with Gasteiger partial charge in [0.25, 0.3) is 0 Å². The van der Waals surface area contributed by atoms with Crippen LogP contribution in [0.4, 0.5) is 9.59 Å². The number of hydrogen-bond donors (Lipinski definition) is 2. The molecule has 2 aromatic carbocycles. The molecule has 0 saturated heterocycles. The Bertz CT molecular complexity index is 2860. The Balaban J connectivity index is 1.76. The monoisotopic (exact) mass is 1210 g/mol. The highest BCUT2D eigenvalue weighted by molar-refractivity contribution is 5.70. The van der Waals surface area contributed by atoms with Crippen molar-refractivity contribution in [3.8, 4) is 94.7 Å². The van der Waals surface area contributed by atoms with Gasteiger partial charge >= 0.3 is 24.1 Å². The molecule has 0 radical (unpaired) electrons. The topological polar surface area (TPSA) is 129 Å². The van der Waals surface area contributed by atoms with E-state index in [2.05, 4.69) is 119 Å². The minimum atomic E-state index is -0.654. The van der Waals surface area contributed by atoms with E-state index in [0.29, 0.717) is 35.1 Å². The number of ether oxygens (including phenoxy) is 4. The summed E-state index contributed by atoms with van der Waals surface area (Å²) in [5.74, 6) is 44.8. The van der Waals surface area contributed by atoms with Crippen LogP contribution in [0.25, 0.3) is 0 Å². The Hall–Kier alpha value is -8.64. The minimum Gasteiger partial charge on any atom is -0.460 e. The maximum Gasteiger partial charge on any atom is 0.407 e. The van der Waals surface area contributed by atoms with E-state index < -0.39 is 12.2 Å². The van der Waals surface area contributed by atoms with E-state index in [9.17, 15) is 19.2 Å². The van der Waals surface area contributed by atoms with Crippen molar-refractivity contribution in [2.75, 3.05) is 26.4 Å². The molecule has 0 aromatic heterocycles. The molecule has 90 heavy (non-hydrogen) atoms. The number of nitrogens with one attached hydrogen (secondary N) is 2. The summed E-state index contributed by atoms with van der Waals surface area (Å²) in [6.07, 6.45) is 42.3. The number of benzene rings is 2. The number of carbonyl (C=O) groups excluding carboxylic acids is 4. The van der Waals surface area contributed by atoms with Crippen molar-refractivity contribution < 1.29 is 38.1 Å². The van der Waals surface area contributed by atoms with E-state index in [1.165, 1.54) is 178 Å². The van der Waals surface area contributed by atoms with Crippen LogP contribution in [0.15, 0.2) is 107 Å². The second-order valence-corrected chi connectivity index (χ2v) is 22.3. The van der Waals surface area contributed by atoms with Gasteiger partial charge < -0.3 is 29.6 Å². The van der Waals surface area contributed by atoms with Crippen molar-refractivity contribution in [2.45, 2.75) is 232 Å². The maximum atomic E-state index is 12.9. The largest absolute Gasteiger partial charge is 0.460 e. The molecule has 3 rings (SSSR count). The molecule has 476 valence electrons. The van der Waals surface area contributed by atoms with Gasteiger partial charge in [-0.05, 0) is 71.3 Å². The van der Waals surface area contributed by atoms with Crippen molar-refractivity contribution in [2.24, 2.45) is 0 Å². The van der Waals surface area contributed by atoms with Crippen LogP contribution in [0.3, 0.4) is 0 Å². The Morgan fingerprint density at radius 3 is 0.822 bits per heavy atom. The fraction of sp³-hybridized carbons (Fsp3) is 0.500. The zero-order chi connectivity index (χ0) is 64.1. The first-order valence-electron chi connectivity index (χ1n) is 33.4. The van der Waals surface area contributed by atoms with Crippen LogP contribution in [0.1, 0.15) is 230 Å². The minimum absolute atomic E-state index is 0.124. The van der Waals surface area contributed by atoms with Crippen molar-refractivity contribution >= 4 is 24.1 Å². The van der Waals surface area contributed by atoms with Gasteiger partial charge in [-0.2, -0.15) is 0 Å². The van der Waals surface area contributed by atoms with Gasteiger partial charge in [-0.3, -0.25) is 9.59 Å². The van der Waals surface area contributed by atoms with E-state index in [0.717, 1.165) is 49.7 Å². The molecular formula is C80H98N2O8. The predicted octanol–water partition coefficient (Wildman–Crippen LogP) is 17.2. The third kappa shape index (κ3) is 45.6. The van der Waals surface area contributed by atoms with Gasteiger partial charge in [-0.1, -0.05) is 302 Å². The van der Waals surface area contributed by atoms with E-state index in [1.807, 2.05) is 60.7 Å². The van der Waals surface area contributed by atoms with E-state index in [4.69, 9.17) is 18.9 Å². The van der Waals surface area contributed by atoms with Crippen molar-refractivity contribution in [1.82, 2.24) is 10.6 Å². The van der Waals surface area contributed by atoms with Crippen LogP contribution in [-0.2, 0) is 41.6 Å². The third-order valence-electron chi connectivity index (χ3n) is 14.4. The highest BCUT2D eigenvalue weighted by Crippen LogP contribution is 2.16. The first-order valence-corrected chi connectivity index (χ1v) is 33.4. The molecule has 10 heteroatoms. The molecule has 0 heterocycles. The van der Waals surface area contributed by atoms with E-state index in [1.54, 1.807) is 0 Å². The summed E-state index contributed by atoms with van der Waals surface area (Å²) in [4.78, 5) is 51.3. The van der Waals surface area contributed by atoms with Crippen LogP contribution in [-0.4, -0.2) is 50.6 Å². The number of amides is 2. The lowest BCUT2D eigenvalue weighted by Crippen LogP contribution is -2.24. The molecule has 1 aliphatic carbocycles. The normalized spacial score (nSPS) is 13.9. The molecule has 2 aromatic rings. The first-order chi connectivity index (χ1) is 44.3. The lowest BCUT2D eigenvalue weighted by atomic mass is 10.0. The predicted molar refractivity (Wildman–Crippen MR) is 365 cm³/mol. The average molecular weight is 1220 g/mol. The Morgan fingerprint density at radius 2 is 0.556 bits per heavy atom.